The molecule has 0 radical (unpaired) electrons. The average Bonchev–Trinajstić information content (AvgIpc) is 2.57. The summed E-state index contributed by atoms with van der Waals surface area (Å²) >= 11 is 5.95. The van der Waals surface area contributed by atoms with Crippen LogP contribution in [0.5, 0.6) is 5.75 Å². The molecule has 0 saturated carbocycles. The zero-order chi connectivity index (χ0) is 11.7. The fourth-order valence-electron chi connectivity index (χ4n) is 1.50. The third kappa shape index (κ3) is 2.74. The van der Waals surface area contributed by atoms with Crippen molar-refractivity contribution in [3.8, 4) is 5.75 Å². The Morgan fingerprint density at radius 2 is 2.18 bits per heavy atom. The Balaban J connectivity index is 0.00000144. The van der Waals surface area contributed by atoms with Crippen LogP contribution >= 0.6 is 11.6 Å². The first-order valence-electron chi connectivity index (χ1n) is 4.47. The van der Waals surface area contributed by atoms with E-state index in [0.29, 0.717) is 16.3 Å². The number of nitrogens with one attached hydrogen (secondary N) is 1. The topological polar surface area (TPSA) is 64.6 Å². The van der Waals surface area contributed by atoms with Crippen molar-refractivity contribution in [1.29, 1.82) is 0 Å². The standard InChI is InChI=1S/C10H8ClNO4.Na.H/c1-15-6-4-2-3-5(11)7(6)8-9(13)12-10(14)16-8;;/h2-4,8H,1H3,(H,12,13,14);;/q;+1;-1. The molecule has 0 bridgehead atoms. The predicted octanol–water partition coefficient (Wildman–Crippen LogP) is -1.23. The van der Waals surface area contributed by atoms with Crippen LogP contribution in [0.2, 0.25) is 5.02 Å². The Bertz CT molecular complexity index is 471. The summed E-state index contributed by atoms with van der Waals surface area (Å²) in [6.07, 6.45) is -1.83. The van der Waals surface area contributed by atoms with Gasteiger partial charge in [-0.05, 0) is 12.1 Å². The van der Waals surface area contributed by atoms with Gasteiger partial charge in [0.15, 0.2) is 0 Å². The zero-order valence-electron chi connectivity index (χ0n) is 10.3. The van der Waals surface area contributed by atoms with Crippen LogP contribution in [0.3, 0.4) is 0 Å². The summed E-state index contributed by atoms with van der Waals surface area (Å²) in [4.78, 5) is 22.3. The third-order valence-corrected chi connectivity index (χ3v) is 2.51. The summed E-state index contributed by atoms with van der Waals surface area (Å²) in [5.41, 5.74) is 0.356. The van der Waals surface area contributed by atoms with E-state index in [4.69, 9.17) is 21.1 Å². The molecule has 1 unspecified atom stereocenters. The number of hydrogen-bond acceptors (Lipinski definition) is 4. The number of alkyl carbamates (subject to hydrolysis) is 1. The van der Waals surface area contributed by atoms with Gasteiger partial charge < -0.3 is 10.9 Å². The van der Waals surface area contributed by atoms with E-state index >= 15 is 0 Å². The second-order valence-corrected chi connectivity index (χ2v) is 3.54. The molecule has 2 amide bonds. The van der Waals surface area contributed by atoms with Gasteiger partial charge in [0.25, 0.3) is 5.91 Å². The number of ether oxygens (including phenoxy) is 2. The zero-order valence-corrected chi connectivity index (χ0v) is 12.1. The number of methoxy groups -OCH3 is 1. The molecule has 1 saturated heterocycles. The summed E-state index contributed by atoms with van der Waals surface area (Å²) in [6.45, 7) is 0. The summed E-state index contributed by atoms with van der Waals surface area (Å²) < 4.78 is 9.89. The number of amides is 2. The van der Waals surface area contributed by atoms with Crippen molar-refractivity contribution >= 4 is 23.6 Å². The molecule has 1 aliphatic heterocycles. The van der Waals surface area contributed by atoms with Crippen molar-refractivity contribution < 1.29 is 50.0 Å². The maximum Gasteiger partial charge on any atom is 1.00 e. The van der Waals surface area contributed by atoms with E-state index in [1.807, 2.05) is 5.32 Å². The third-order valence-electron chi connectivity index (χ3n) is 2.18. The van der Waals surface area contributed by atoms with Crippen LogP contribution in [0.4, 0.5) is 4.79 Å². The molecule has 0 aromatic heterocycles. The first kappa shape index (κ1) is 14.3. The molecule has 7 heteroatoms. The minimum absolute atomic E-state index is 0. The van der Waals surface area contributed by atoms with Gasteiger partial charge in [-0.25, -0.2) is 4.79 Å². The van der Waals surface area contributed by atoms with E-state index in [1.54, 1.807) is 18.2 Å². The van der Waals surface area contributed by atoms with Gasteiger partial charge in [0.2, 0.25) is 6.10 Å². The molecular weight excluding hydrogens is 257 g/mol. The second-order valence-electron chi connectivity index (χ2n) is 3.13. The summed E-state index contributed by atoms with van der Waals surface area (Å²) in [5.74, 6) is -0.140. The first-order valence-corrected chi connectivity index (χ1v) is 4.85. The molecule has 1 aromatic rings. The summed E-state index contributed by atoms with van der Waals surface area (Å²) in [5, 5.41) is 2.34. The molecule has 5 nitrogen and oxygen atoms in total. The van der Waals surface area contributed by atoms with Gasteiger partial charge in [0.1, 0.15) is 5.75 Å². The Morgan fingerprint density at radius 1 is 1.47 bits per heavy atom. The van der Waals surface area contributed by atoms with Crippen LogP contribution in [0.1, 0.15) is 13.1 Å². The normalized spacial score (nSPS) is 18.1. The molecule has 0 aliphatic carbocycles. The van der Waals surface area contributed by atoms with Gasteiger partial charge in [-0.1, -0.05) is 17.7 Å². The monoisotopic (exact) mass is 265 g/mol. The van der Waals surface area contributed by atoms with Crippen molar-refractivity contribution in [2.45, 2.75) is 6.10 Å². The summed E-state index contributed by atoms with van der Waals surface area (Å²) in [6, 6.07) is 4.92. The fraction of sp³-hybridized carbons (Fsp3) is 0.200. The molecule has 86 valence electrons. The molecular formula is C10H9ClNNaO4. The number of rotatable bonds is 2. The maximum absolute atomic E-state index is 11.4. The smallest absolute Gasteiger partial charge is 1.00 e. The average molecular weight is 266 g/mol. The Morgan fingerprint density at radius 3 is 2.71 bits per heavy atom. The van der Waals surface area contributed by atoms with Crippen LogP contribution < -0.4 is 39.6 Å². The number of benzene rings is 1. The predicted molar refractivity (Wildman–Crippen MR) is 56.5 cm³/mol. The van der Waals surface area contributed by atoms with Crippen molar-refractivity contribution in [2.75, 3.05) is 7.11 Å². The van der Waals surface area contributed by atoms with Crippen LogP contribution in [-0.4, -0.2) is 19.1 Å². The largest absolute Gasteiger partial charge is 1.00 e. The molecule has 17 heavy (non-hydrogen) atoms. The second kappa shape index (κ2) is 5.73. The molecule has 1 fully saturated rings. The number of imide groups is 1. The molecule has 1 N–H and O–H groups in total. The minimum atomic E-state index is -1.05. The number of hydrogen-bond donors (Lipinski definition) is 1. The van der Waals surface area contributed by atoms with Gasteiger partial charge >= 0.3 is 35.7 Å². The quantitative estimate of drug-likeness (QED) is 0.681. The van der Waals surface area contributed by atoms with Crippen LogP contribution in [0, 0.1) is 0 Å². The van der Waals surface area contributed by atoms with Gasteiger partial charge in [-0.2, -0.15) is 0 Å². The van der Waals surface area contributed by atoms with Crippen molar-refractivity contribution in [1.82, 2.24) is 5.32 Å². The fourth-order valence-corrected chi connectivity index (χ4v) is 1.76. The van der Waals surface area contributed by atoms with E-state index < -0.39 is 18.1 Å². The molecule has 1 heterocycles. The van der Waals surface area contributed by atoms with E-state index in [0.717, 1.165) is 0 Å². The van der Waals surface area contributed by atoms with Crippen molar-refractivity contribution in [3.63, 3.8) is 0 Å². The molecule has 1 aliphatic rings. The maximum atomic E-state index is 11.4. The molecule has 2 rings (SSSR count). The number of carbonyl (C=O) groups excluding carboxylic acids is 2. The van der Waals surface area contributed by atoms with Crippen LogP contribution in [0.15, 0.2) is 18.2 Å². The molecule has 1 atom stereocenters. The van der Waals surface area contributed by atoms with Crippen molar-refractivity contribution in [3.05, 3.63) is 28.8 Å². The van der Waals surface area contributed by atoms with E-state index in [1.165, 1.54) is 7.11 Å². The first-order chi connectivity index (χ1) is 7.63. The number of carbonyl (C=O) groups is 2. The van der Waals surface area contributed by atoms with Crippen LogP contribution in [-0.2, 0) is 9.53 Å². The minimum Gasteiger partial charge on any atom is -1.00 e. The van der Waals surface area contributed by atoms with Gasteiger partial charge in [-0.3, -0.25) is 10.1 Å². The molecule has 1 aromatic carbocycles. The SMILES string of the molecule is COc1cccc(Cl)c1C1OC(=O)NC1=O.[H-].[Na+]. The van der Waals surface area contributed by atoms with Crippen LogP contribution in [0.25, 0.3) is 0 Å². The number of cyclic esters (lactones) is 1. The van der Waals surface area contributed by atoms with Gasteiger partial charge in [0, 0.05) is 0 Å². The van der Waals surface area contributed by atoms with E-state index in [2.05, 4.69) is 0 Å². The van der Waals surface area contributed by atoms with E-state index in [9.17, 15) is 9.59 Å². The summed E-state index contributed by atoms with van der Waals surface area (Å²) in [7, 11) is 1.45. The van der Waals surface area contributed by atoms with Gasteiger partial charge in [-0.15, -0.1) is 0 Å². The number of halogens is 1. The Kier molecular flexibility index (Phi) is 4.82. The Hall–Kier alpha value is -0.750. The van der Waals surface area contributed by atoms with Gasteiger partial charge in [0.05, 0.1) is 17.7 Å². The van der Waals surface area contributed by atoms with E-state index in [-0.39, 0.29) is 31.0 Å². The Labute approximate surface area is 126 Å². The molecule has 0 spiro atoms. The van der Waals surface area contributed by atoms with Crippen molar-refractivity contribution in [2.24, 2.45) is 0 Å².